The van der Waals surface area contributed by atoms with Crippen molar-refractivity contribution in [3.8, 4) is 0 Å². The van der Waals surface area contributed by atoms with Gasteiger partial charge in [0.25, 0.3) is 0 Å². The SMILES string of the molecule is OCCC1=CC2OC2(CCO)C=C1. The highest BCUT2D eigenvalue weighted by Gasteiger charge is 2.53. The van der Waals surface area contributed by atoms with E-state index in [0.29, 0.717) is 12.8 Å². The minimum absolute atomic E-state index is 0.131. The summed E-state index contributed by atoms with van der Waals surface area (Å²) in [4.78, 5) is 0. The molecular weight excluding hydrogens is 168 g/mol. The van der Waals surface area contributed by atoms with Gasteiger partial charge in [-0.25, -0.2) is 0 Å². The summed E-state index contributed by atoms with van der Waals surface area (Å²) < 4.78 is 5.48. The quantitative estimate of drug-likeness (QED) is 0.618. The molecule has 2 unspecified atom stereocenters. The third-order valence-electron chi connectivity index (χ3n) is 2.62. The summed E-state index contributed by atoms with van der Waals surface area (Å²) in [5.74, 6) is 0. The molecule has 1 heterocycles. The van der Waals surface area contributed by atoms with Crippen molar-refractivity contribution < 1.29 is 14.9 Å². The molecule has 3 heteroatoms. The van der Waals surface area contributed by atoms with Gasteiger partial charge in [0.2, 0.25) is 0 Å². The lowest BCUT2D eigenvalue weighted by molar-refractivity contribution is 0.237. The van der Waals surface area contributed by atoms with Gasteiger partial charge in [-0.2, -0.15) is 0 Å². The minimum Gasteiger partial charge on any atom is -0.396 e. The molecule has 2 atom stereocenters. The number of ether oxygens (including phenoxy) is 1. The van der Waals surface area contributed by atoms with E-state index in [1.807, 2.05) is 18.2 Å². The van der Waals surface area contributed by atoms with Crippen molar-refractivity contribution in [3.63, 3.8) is 0 Å². The number of epoxide rings is 1. The molecule has 0 spiro atoms. The Morgan fingerprint density at radius 3 is 2.85 bits per heavy atom. The van der Waals surface area contributed by atoms with Crippen molar-refractivity contribution in [1.82, 2.24) is 0 Å². The minimum atomic E-state index is -0.215. The number of fused-ring (bicyclic) bond motifs is 1. The van der Waals surface area contributed by atoms with Crippen molar-refractivity contribution in [2.24, 2.45) is 0 Å². The Kier molecular flexibility index (Phi) is 2.24. The third kappa shape index (κ3) is 1.55. The fraction of sp³-hybridized carbons (Fsp3) is 0.600. The van der Waals surface area contributed by atoms with Gasteiger partial charge in [0.15, 0.2) is 0 Å². The summed E-state index contributed by atoms with van der Waals surface area (Å²) in [6, 6.07) is 0. The van der Waals surface area contributed by atoms with Crippen molar-refractivity contribution in [1.29, 1.82) is 0 Å². The second-order valence-corrected chi connectivity index (χ2v) is 3.52. The Morgan fingerprint density at radius 2 is 2.23 bits per heavy atom. The molecule has 1 aliphatic carbocycles. The number of hydrogen-bond donors (Lipinski definition) is 2. The Bertz CT molecular complexity index is 257. The summed E-state index contributed by atoms with van der Waals surface area (Å²) >= 11 is 0. The van der Waals surface area contributed by atoms with E-state index in [0.717, 1.165) is 5.57 Å². The second kappa shape index (κ2) is 3.25. The molecule has 13 heavy (non-hydrogen) atoms. The normalized spacial score (nSPS) is 35.5. The van der Waals surface area contributed by atoms with E-state index in [2.05, 4.69) is 0 Å². The van der Waals surface area contributed by atoms with Crippen LogP contribution in [0, 0.1) is 0 Å². The number of aliphatic hydroxyl groups is 2. The molecule has 0 saturated carbocycles. The van der Waals surface area contributed by atoms with E-state index in [1.54, 1.807) is 0 Å². The van der Waals surface area contributed by atoms with Gasteiger partial charge < -0.3 is 14.9 Å². The van der Waals surface area contributed by atoms with E-state index in [9.17, 15) is 0 Å². The topological polar surface area (TPSA) is 53.0 Å². The van der Waals surface area contributed by atoms with Crippen molar-refractivity contribution in [3.05, 3.63) is 23.8 Å². The molecular formula is C10H14O3. The number of aliphatic hydroxyl groups excluding tert-OH is 2. The van der Waals surface area contributed by atoms with Crippen molar-refractivity contribution in [2.75, 3.05) is 13.2 Å². The Morgan fingerprint density at radius 1 is 1.38 bits per heavy atom. The summed E-state index contributed by atoms with van der Waals surface area (Å²) in [6.07, 6.45) is 7.49. The maximum absolute atomic E-state index is 8.81. The number of rotatable bonds is 4. The lowest BCUT2D eigenvalue weighted by atomic mass is 9.93. The summed E-state index contributed by atoms with van der Waals surface area (Å²) in [6.45, 7) is 0.333. The van der Waals surface area contributed by atoms with Gasteiger partial charge in [0.05, 0.1) is 0 Å². The molecule has 2 aliphatic rings. The van der Waals surface area contributed by atoms with Gasteiger partial charge in [-0.15, -0.1) is 0 Å². The molecule has 3 nitrogen and oxygen atoms in total. The van der Waals surface area contributed by atoms with E-state index in [1.165, 1.54) is 0 Å². The standard InChI is InChI=1S/C10H14O3/c11-5-2-8-1-3-10(4-6-12)9(7-8)13-10/h1,3,7,9,11-12H,2,4-6H2. The zero-order valence-corrected chi connectivity index (χ0v) is 7.44. The fourth-order valence-corrected chi connectivity index (χ4v) is 1.76. The van der Waals surface area contributed by atoms with Gasteiger partial charge in [0.1, 0.15) is 11.7 Å². The van der Waals surface area contributed by atoms with Gasteiger partial charge >= 0.3 is 0 Å². The first-order valence-electron chi connectivity index (χ1n) is 4.60. The van der Waals surface area contributed by atoms with Crippen LogP contribution < -0.4 is 0 Å². The number of allylic oxidation sites excluding steroid dienone is 1. The first-order chi connectivity index (χ1) is 6.30. The van der Waals surface area contributed by atoms with Crippen molar-refractivity contribution in [2.45, 2.75) is 24.5 Å². The smallest absolute Gasteiger partial charge is 0.119 e. The van der Waals surface area contributed by atoms with Crippen LogP contribution in [0.3, 0.4) is 0 Å². The van der Waals surface area contributed by atoms with Crippen LogP contribution in [0.2, 0.25) is 0 Å². The van der Waals surface area contributed by atoms with Crippen LogP contribution in [-0.4, -0.2) is 35.1 Å². The third-order valence-corrected chi connectivity index (χ3v) is 2.62. The van der Waals surface area contributed by atoms with E-state index >= 15 is 0 Å². The molecule has 0 aromatic rings. The molecule has 1 aliphatic heterocycles. The first-order valence-corrected chi connectivity index (χ1v) is 4.60. The zero-order valence-electron chi connectivity index (χ0n) is 7.44. The summed E-state index contributed by atoms with van der Waals surface area (Å²) in [5.41, 5.74) is 0.909. The maximum atomic E-state index is 8.81. The highest BCUT2D eigenvalue weighted by Crippen LogP contribution is 2.45. The van der Waals surface area contributed by atoms with E-state index in [4.69, 9.17) is 14.9 Å². The second-order valence-electron chi connectivity index (χ2n) is 3.52. The van der Waals surface area contributed by atoms with Gasteiger partial charge in [-0.1, -0.05) is 6.08 Å². The Balaban J connectivity index is 1.99. The highest BCUT2D eigenvalue weighted by atomic mass is 16.6. The predicted octanol–water partition coefficient (Wildman–Crippen LogP) is 0.385. The van der Waals surface area contributed by atoms with Gasteiger partial charge in [-0.3, -0.25) is 0 Å². The molecule has 0 aromatic carbocycles. The molecule has 0 bridgehead atoms. The van der Waals surface area contributed by atoms with Crippen LogP contribution in [0.5, 0.6) is 0 Å². The molecule has 2 N–H and O–H groups in total. The molecule has 1 fully saturated rings. The highest BCUT2D eigenvalue weighted by molar-refractivity contribution is 5.37. The van der Waals surface area contributed by atoms with Crippen LogP contribution in [-0.2, 0) is 4.74 Å². The van der Waals surface area contributed by atoms with Crippen LogP contribution in [0.15, 0.2) is 23.8 Å². The lowest BCUT2D eigenvalue weighted by Crippen LogP contribution is -2.15. The van der Waals surface area contributed by atoms with Crippen LogP contribution >= 0.6 is 0 Å². The van der Waals surface area contributed by atoms with Crippen LogP contribution in [0.1, 0.15) is 12.8 Å². The lowest BCUT2D eigenvalue weighted by Gasteiger charge is -2.09. The van der Waals surface area contributed by atoms with E-state index < -0.39 is 0 Å². The van der Waals surface area contributed by atoms with Gasteiger partial charge in [-0.05, 0) is 24.1 Å². The zero-order chi connectivity index (χ0) is 9.31. The monoisotopic (exact) mass is 182 g/mol. The Hall–Kier alpha value is -0.640. The van der Waals surface area contributed by atoms with Crippen LogP contribution in [0.25, 0.3) is 0 Å². The largest absolute Gasteiger partial charge is 0.396 e. The molecule has 1 saturated heterocycles. The molecule has 2 rings (SSSR count). The molecule has 0 amide bonds. The molecule has 0 radical (unpaired) electrons. The van der Waals surface area contributed by atoms with Crippen LogP contribution in [0.4, 0.5) is 0 Å². The Labute approximate surface area is 77.3 Å². The molecule has 0 aromatic heterocycles. The molecule has 72 valence electrons. The van der Waals surface area contributed by atoms with Gasteiger partial charge in [0, 0.05) is 19.6 Å². The number of hydrogen-bond acceptors (Lipinski definition) is 3. The summed E-state index contributed by atoms with van der Waals surface area (Å²) in [5, 5.41) is 17.5. The fourth-order valence-electron chi connectivity index (χ4n) is 1.76. The van der Waals surface area contributed by atoms with Crippen molar-refractivity contribution >= 4 is 0 Å². The summed E-state index contributed by atoms with van der Waals surface area (Å²) in [7, 11) is 0. The average Bonchev–Trinajstić information content (AvgIpc) is 2.79. The maximum Gasteiger partial charge on any atom is 0.119 e. The average molecular weight is 182 g/mol. The predicted molar refractivity (Wildman–Crippen MR) is 48.2 cm³/mol. The first kappa shape index (κ1) is 8.94. The van der Waals surface area contributed by atoms with E-state index in [-0.39, 0.29) is 24.9 Å².